The molecule has 0 unspecified atom stereocenters. The molecule has 1 fully saturated rings. The maximum absolute atomic E-state index is 11.9. The van der Waals surface area contributed by atoms with Crippen LogP contribution in [0.15, 0.2) is 0 Å². The first-order chi connectivity index (χ1) is 8.11. The van der Waals surface area contributed by atoms with Gasteiger partial charge >= 0.3 is 0 Å². The topological polar surface area (TPSA) is 66.6 Å². The van der Waals surface area contributed by atoms with Crippen LogP contribution in [0.5, 0.6) is 0 Å². The molecule has 1 amide bonds. The Morgan fingerprint density at radius 3 is 2.47 bits per heavy atom. The first kappa shape index (κ1) is 14.5. The Balaban J connectivity index is 2.22. The summed E-state index contributed by atoms with van der Waals surface area (Å²) in [6.07, 6.45) is 5.48. The number of rotatable bonds is 6. The molecule has 0 aromatic carbocycles. The predicted octanol–water partition coefficient (Wildman–Crippen LogP) is 1.13. The van der Waals surface area contributed by atoms with Gasteiger partial charge in [-0.05, 0) is 37.6 Å². The number of carbonyl (C=O) groups is 1. The molecule has 0 radical (unpaired) electrons. The van der Waals surface area contributed by atoms with Crippen LogP contribution in [-0.2, 0) is 4.79 Å². The summed E-state index contributed by atoms with van der Waals surface area (Å²) in [5.74, 6) is 0.266. The Bertz CT molecular complexity index is 236. The van der Waals surface area contributed by atoms with Crippen molar-refractivity contribution in [2.24, 2.45) is 11.1 Å². The molecule has 17 heavy (non-hydrogen) atoms. The Hall–Kier alpha value is -0.610. The van der Waals surface area contributed by atoms with Crippen LogP contribution >= 0.6 is 0 Å². The molecule has 1 aliphatic heterocycles. The highest BCUT2D eigenvalue weighted by atomic mass is 16.3. The molecule has 0 aromatic rings. The van der Waals surface area contributed by atoms with Crippen molar-refractivity contribution in [2.45, 2.75) is 45.4 Å². The number of nitrogens with two attached hydrogens (primary N) is 1. The predicted molar refractivity (Wildman–Crippen MR) is 68.5 cm³/mol. The minimum atomic E-state index is 0.0241. The number of hydrogen-bond acceptors (Lipinski definition) is 3. The highest BCUT2D eigenvalue weighted by Crippen LogP contribution is 2.30. The van der Waals surface area contributed by atoms with Crippen LogP contribution in [0.3, 0.4) is 0 Å². The third-order valence-electron chi connectivity index (χ3n) is 3.80. The van der Waals surface area contributed by atoms with Gasteiger partial charge in [0.1, 0.15) is 0 Å². The van der Waals surface area contributed by atoms with Gasteiger partial charge in [-0.15, -0.1) is 0 Å². The van der Waals surface area contributed by atoms with Crippen molar-refractivity contribution in [3.8, 4) is 0 Å². The van der Waals surface area contributed by atoms with Crippen LogP contribution in [0, 0.1) is 5.41 Å². The van der Waals surface area contributed by atoms with Crippen LogP contribution in [0.4, 0.5) is 0 Å². The summed E-state index contributed by atoms with van der Waals surface area (Å²) < 4.78 is 0. The second-order valence-electron chi connectivity index (χ2n) is 5.45. The molecular formula is C13H26N2O2. The second kappa shape index (κ2) is 6.97. The van der Waals surface area contributed by atoms with Gasteiger partial charge < -0.3 is 15.7 Å². The van der Waals surface area contributed by atoms with Crippen molar-refractivity contribution >= 4 is 5.91 Å². The van der Waals surface area contributed by atoms with Gasteiger partial charge in [0.15, 0.2) is 0 Å². The van der Waals surface area contributed by atoms with E-state index in [1.54, 1.807) is 0 Å². The number of piperidine rings is 1. The van der Waals surface area contributed by atoms with Gasteiger partial charge in [0.05, 0.1) is 0 Å². The summed E-state index contributed by atoms with van der Waals surface area (Å²) in [4.78, 5) is 13.8. The molecule has 3 N–H and O–H groups in total. The summed E-state index contributed by atoms with van der Waals surface area (Å²) >= 11 is 0. The summed E-state index contributed by atoms with van der Waals surface area (Å²) in [6.45, 7) is 4.63. The molecule has 0 spiro atoms. The summed E-state index contributed by atoms with van der Waals surface area (Å²) in [6, 6.07) is 0. The van der Waals surface area contributed by atoms with E-state index in [9.17, 15) is 9.90 Å². The fourth-order valence-corrected chi connectivity index (χ4v) is 2.21. The van der Waals surface area contributed by atoms with E-state index in [4.69, 9.17) is 5.73 Å². The van der Waals surface area contributed by atoms with Gasteiger partial charge in [-0.2, -0.15) is 0 Å². The van der Waals surface area contributed by atoms with Crippen molar-refractivity contribution in [3.63, 3.8) is 0 Å². The fraction of sp³-hybridized carbons (Fsp3) is 0.923. The summed E-state index contributed by atoms with van der Waals surface area (Å²) in [7, 11) is 0. The fourth-order valence-electron chi connectivity index (χ4n) is 2.21. The number of aliphatic hydroxyl groups excluding tert-OH is 1. The number of aliphatic hydroxyl groups is 1. The van der Waals surface area contributed by atoms with Crippen LogP contribution in [-0.4, -0.2) is 42.2 Å². The highest BCUT2D eigenvalue weighted by molar-refractivity contribution is 5.76. The molecule has 1 saturated heterocycles. The average molecular weight is 242 g/mol. The molecule has 0 bridgehead atoms. The standard InChI is InChI=1S/C13H26N2O2/c1-13(11-16)6-9-15(10-7-13)12(17)5-3-2-4-8-14/h16H,2-11,14H2,1H3. The SMILES string of the molecule is CC1(CO)CCN(C(=O)CCCCCN)CC1. The lowest BCUT2D eigenvalue weighted by atomic mass is 9.81. The van der Waals surface area contributed by atoms with Crippen LogP contribution in [0.1, 0.15) is 45.4 Å². The summed E-state index contributed by atoms with van der Waals surface area (Å²) in [5, 5.41) is 9.26. The third kappa shape index (κ3) is 4.64. The van der Waals surface area contributed by atoms with Gasteiger partial charge in [0, 0.05) is 26.1 Å². The molecule has 0 atom stereocenters. The lowest BCUT2D eigenvalue weighted by Gasteiger charge is -2.38. The van der Waals surface area contributed by atoms with Crippen molar-refractivity contribution in [1.82, 2.24) is 4.90 Å². The second-order valence-corrected chi connectivity index (χ2v) is 5.45. The van der Waals surface area contributed by atoms with Gasteiger partial charge in [-0.3, -0.25) is 4.79 Å². The first-order valence-electron chi connectivity index (χ1n) is 6.70. The van der Waals surface area contributed by atoms with Gasteiger partial charge in [-0.25, -0.2) is 0 Å². The Morgan fingerprint density at radius 1 is 1.29 bits per heavy atom. The number of amides is 1. The molecule has 100 valence electrons. The normalized spacial score (nSPS) is 19.4. The lowest BCUT2D eigenvalue weighted by molar-refractivity contribution is -0.133. The maximum Gasteiger partial charge on any atom is 0.222 e. The molecule has 4 heteroatoms. The first-order valence-corrected chi connectivity index (χ1v) is 6.70. The van der Waals surface area contributed by atoms with E-state index >= 15 is 0 Å². The number of nitrogens with zero attached hydrogens (tertiary/aromatic N) is 1. The Kier molecular flexibility index (Phi) is 5.92. The number of hydrogen-bond donors (Lipinski definition) is 2. The zero-order chi connectivity index (χ0) is 12.7. The lowest BCUT2D eigenvalue weighted by Crippen LogP contribution is -2.43. The Labute approximate surface area is 104 Å². The third-order valence-corrected chi connectivity index (χ3v) is 3.80. The molecule has 1 aliphatic rings. The van der Waals surface area contributed by atoms with Gasteiger partial charge in [0.2, 0.25) is 5.91 Å². The average Bonchev–Trinajstić information content (AvgIpc) is 2.35. The van der Waals surface area contributed by atoms with E-state index in [1.165, 1.54) is 0 Å². The van der Waals surface area contributed by atoms with Crippen molar-refractivity contribution in [1.29, 1.82) is 0 Å². The maximum atomic E-state index is 11.9. The molecule has 0 saturated carbocycles. The minimum Gasteiger partial charge on any atom is -0.396 e. The highest BCUT2D eigenvalue weighted by Gasteiger charge is 2.30. The monoisotopic (exact) mass is 242 g/mol. The number of likely N-dealkylation sites (tertiary alicyclic amines) is 1. The van der Waals surface area contributed by atoms with Crippen molar-refractivity contribution in [2.75, 3.05) is 26.2 Å². The molecule has 0 aliphatic carbocycles. The quantitative estimate of drug-likeness (QED) is 0.686. The van der Waals surface area contributed by atoms with E-state index in [0.717, 1.165) is 45.2 Å². The largest absolute Gasteiger partial charge is 0.396 e. The summed E-state index contributed by atoms with van der Waals surface area (Å²) in [5.41, 5.74) is 5.44. The minimum absolute atomic E-state index is 0.0241. The van der Waals surface area contributed by atoms with Crippen LogP contribution in [0.25, 0.3) is 0 Å². The number of unbranched alkanes of at least 4 members (excludes halogenated alkanes) is 2. The van der Waals surface area contributed by atoms with E-state index in [-0.39, 0.29) is 17.9 Å². The van der Waals surface area contributed by atoms with Crippen LogP contribution in [0.2, 0.25) is 0 Å². The zero-order valence-corrected chi connectivity index (χ0v) is 11.0. The van der Waals surface area contributed by atoms with Crippen molar-refractivity contribution < 1.29 is 9.90 Å². The van der Waals surface area contributed by atoms with E-state index in [1.807, 2.05) is 4.90 Å². The molecular weight excluding hydrogens is 216 g/mol. The molecule has 4 nitrogen and oxygen atoms in total. The van der Waals surface area contributed by atoms with E-state index < -0.39 is 0 Å². The Morgan fingerprint density at radius 2 is 1.94 bits per heavy atom. The molecule has 1 heterocycles. The van der Waals surface area contributed by atoms with Crippen molar-refractivity contribution in [3.05, 3.63) is 0 Å². The smallest absolute Gasteiger partial charge is 0.222 e. The number of carbonyl (C=O) groups excluding carboxylic acids is 1. The van der Waals surface area contributed by atoms with E-state index in [0.29, 0.717) is 13.0 Å². The molecule has 1 rings (SSSR count). The van der Waals surface area contributed by atoms with E-state index in [2.05, 4.69) is 6.92 Å². The van der Waals surface area contributed by atoms with Gasteiger partial charge in [-0.1, -0.05) is 13.3 Å². The van der Waals surface area contributed by atoms with Crippen LogP contribution < -0.4 is 5.73 Å². The zero-order valence-electron chi connectivity index (χ0n) is 11.0. The van der Waals surface area contributed by atoms with Gasteiger partial charge in [0.25, 0.3) is 0 Å². The molecule has 0 aromatic heterocycles.